The Balaban J connectivity index is 1.86. The number of imidazole rings is 1. The molecule has 0 aliphatic heterocycles. The van der Waals surface area contributed by atoms with Gasteiger partial charge >= 0.3 is 5.97 Å². The van der Waals surface area contributed by atoms with E-state index in [2.05, 4.69) is 25.2 Å². The SMILES string of the molecule is COC(=O)c1cc(F)c(F)cc1NC(=O)c1ccc(-n2cncc2F)nn1. The molecule has 0 fully saturated rings. The predicted octanol–water partition coefficient (Wildman–Crippen LogP) is 2.12. The minimum Gasteiger partial charge on any atom is -0.465 e. The van der Waals surface area contributed by atoms with E-state index in [0.717, 1.165) is 17.9 Å². The van der Waals surface area contributed by atoms with Crippen LogP contribution in [0.4, 0.5) is 18.9 Å². The minimum absolute atomic E-state index is 0.0737. The molecule has 138 valence electrons. The fraction of sp³-hybridized carbons (Fsp3) is 0.0625. The third-order valence-corrected chi connectivity index (χ3v) is 3.44. The molecule has 3 aromatic rings. The zero-order chi connectivity index (χ0) is 19.6. The van der Waals surface area contributed by atoms with Crippen molar-refractivity contribution in [3.63, 3.8) is 0 Å². The summed E-state index contributed by atoms with van der Waals surface area (Å²) >= 11 is 0. The summed E-state index contributed by atoms with van der Waals surface area (Å²) in [5, 5.41) is 9.58. The first-order valence-electron chi connectivity index (χ1n) is 7.31. The molecule has 0 aliphatic rings. The molecule has 3 rings (SSSR count). The van der Waals surface area contributed by atoms with Crippen LogP contribution in [0.3, 0.4) is 0 Å². The lowest BCUT2D eigenvalue weighted by Crippen LogP contribution is -2.18. The summed E-state index contributed by atoms with van der Waals surface area (Å²) in [5.41, 5.74) is -0.896. The molecule has 11 heteroatoms. The number of methoxy groups -OCH3 is 1. The smallest absolute Gasteiger partial charge is 0.340 e. The van der Waals surface area contributed by atoms with E-state index in [9.17, 15) is 22.8 Å². The molecule has 0 saturated carbocycles. The van der Waals surface area contributed by atoms with Gasteiger partial charge in [0.2, 0.25) is 5.95 Å². The highest BCUT2D eigenvalue weighted by Crippen LogP contribution is 2.21. The van der Waals surface area contributed by atoms with Crippen molar-refractivity contribution >= 4 is 17.6 Å². The topological polar surface area (TPSA) is 99.0 Å². The van der Waals surface area contributed by atoms with Gasteiger partial charge < -0.3 is 10.1 Å². The predicted molar refractivity (Wildman–Crippen MR) is 84.8 cm³/mol. The number of carbonyl (C=O) groups is 2. The molecule has 0 radical (unpaired) electrons. The molecule has 1 aromatic carbocycles. The van der Waals surface area contributed by atoms with Gasteiger partial charge in [-0.15, -0.1) is 10.2 Å². The number of hydrogen-bond donors (Lipinski definition) is 1. The van der Waals surface area contributed by atoms with Crippen LogP contribution < -0.4 is 5.32 Å². The molecule has 2 heterocycles. The van der Waals surface area contributed by atoms with Gasteiger partial charge in [-0.25, -0.2) is 18.6 Å². The molecular weight excluding hydrogens is 367 g/mol. The molecule has 8 nitrogen and oxygen atoms in total. The standard InChI is InChI=1S/C16H10F3N5O3/c1-27-16(26)8-4-9(17)10(18)5-12(8)21-15(25)11-2-3-14(23-22-11)24-7-20-6-13(24)19/h2-7H,1H3,(H,21,25). The van der Waals surface area contributed by atoms with Crippen LogP contribution in [-0.4, -0.2) is 38.7 Å². The maximum absolute atomic E-state index is 13.5. The van der Waals surface area contributed by atoms with Gasteiger partial charge in [0.15, 0.2) is 23.1 Å². The Morgan fingerprint density at radius 3 is 2.44 bits per heavy atom. The van der Waals surface area contributed by atoms with Gasteiger partial charge in [0.1, 0.15) is 6.33 Å². The largest absolute Gasteiger partial charge is 0.465 e. The Bertz CT molecular complexity index is 1020. The molecule has 0 atom stereocenters. The van der Waals surface area contributed by atoms with Crippen molar-refractivity contribution in [2.45, 2.75) is 0 Å². The van der Waals surface area contributed by atoms with Gasteiger partial charge in [-0.2, -0.15) is 4.39 Å². The van der Waals surface area contributed by atoms with Crippen LogP contribution in [0, 0.1) is 17.6 Å². The van der Waals surface area contributed by atoms with Crippen LogP contribution >= 0.6 is 0 Å². The Morgan fingerprint density at radius 2 is 1.85 bits per heavy atom. The summed E-state index contributed by atoms with van der Waals surface area (Å²) in [6, 6.07) is 3.78. The van der Waals surface area contributed by atoms with E-state index in [4.69, 9.17) is 0 Å². The lowest BCUT2D eigenvalue weighted by molar-refractivity contribution is 0.0601. The maximum atomic E-state index is 13.5. The normalized spacial score (nSPS) is 10.5. The summed E-state index contributed by atoms with van der Waals surface area (Å²) in [4.78, 5) is 27.5. The minimum atomic E-state index is -1.28. The highest BCUT2D eigenvalue weighted by molar-refractivity contribution is 6.07. The van der Waals surface area contributed by atoms with E-state index in [-0.39, 0.29) is 22.8 Å². The van der Waals surface area contributed by atoms with Crippen LogP contribution in [0.2, 0.25) is 0 Å². The number of carbonyl (C=O) groups excluding carboxylic acids is 2. The summed E-state index contributed by atoms with van der Waals surface area (Å²) in [7, 11) is 1.05. The van der Waals surface area contributed by atoms with E-state index in [0.29, 0.717) is 12.1 Å². The van der Waals surface area contributed by atoms with Gasteiger partial charge in [-0.1, -0.05) is 0 Å². The van der Waals surface area contributed by atoms with Crippen LogP contribution in [0.5, 0.6) is 0 Å². The Hall–Kier alpha value is -3.76. The third kappa shape index (κ3) is 3.61. The molecule has 0 unspecified atom stereocenters. The number of hydrogen-bond acceptors (Lipinski definition) is 6. The molecule has 0 spiro atoms. The fourth-order valence-electron chi connectivity index (χ4n) is 2.14. The number of esters is 1. The van der Waals surface area contributed by atoms with Crippen molar-refractivity contribution < 1.29 is 27.5 Å². The van der Waals surface area contributed by atoms with Crippen molar-refractivity contribution in [3.05, 3.63) is 65.6 Å². The molecule has 0 saturated heterocycles. The first kappa shape index (κ1) is 18.0. The fourth-order valence-corrected chi connectivity index (χ4v) is 2.14. The first-order chi connectivity index (χ1) is 12.9. The Labute approximate surface area is 149 Å². The van der Waals surface area contributed by atoms with Gasteiger partial charge in [0, 0.05) is 6.07 Å². The highest BCUT2D eigenvalue weighted by Gasteiger charge is 2.19. The summed E-state index contributed by atoms with van der Waals surface area (Å²) in [5.74, 6) is -4.97. The molecule has 1 N–H and O–H groups in total. The van der Waals surface area contributed by atoms with E-state index in [1.165, 1.54) is 18.5 Å². The van der Waals surface area contributed by atoms with Crippen LogP contribution in [-0.2, 0) is 4.74 Å². The number of rotatable bonds is 4. The number of benzene rings is 1. The second kappa shape index (κ2) is 7.23. The summed E-state index contributed by atoms with van der Waals surface area (Å²) in [6.07, 6.45) is 2.14. The number of aromatic nitrogens is 4. The Morgan fingerprint density at radius 1 is 1.11 bits per heavy atom. The second-order valence-corrected chi connectivity index (χ2v) is 5.12. The number of halogens is 3. The van der Waals surface area contributed by atoms with Gasteiger partial charge in [0.25, 0.3) is 5.91 Å². The molecular formula is C16H10F3N5O3. The van der Waals surface area contributed by atoms with Crippen LogP contribution in [0.15, 0.2) is 36.8 Å². The van der Waals surface area contributed by atoms with Gasteiger partial charge in [0.05, 0.1) is 24.6 Å². The molecule has 0 bridgehead atoms. The third-order valence-electron chi connectivity index (χ3n) is 3.44. The number of nitrogens with one attached hydrogen (secondary N) is 1. The first-order valence-corrected chi connectivity index (χ1v) is 7.31. The average molecular weight is 377 g/mol. The van der Waals surface area contributed by atoms with Crippen molar-refractivity contribution in [1.82, 2.24) is 19.7 Å². The lowest BCUT2D eigenvalue weighted by Gasteiger charge is -2.10. The number of nitrogens with zero attached hydrogens (tertiary/aromatic N) is 4. The van der Waals surface area contributed by atoms with Gasteiger partial charge in [-0.3, -0.25) is 9.36 Å². The Kier molecular flexibility index (Phi) is 4.83. The maximum Gasteiger partial charge on any atom is 0.340 e. The molecule has 0 aliphatic carbocycles. The number of ether oxygens (including phenoxy) is 1. The summed E-state index contributed by atoms with van der Waals surface area (Å²) < 4.78 is 45.8. The van der Waals surface area contributed by atoms with Crippen LogP contribution in [0.1, 0.15) is 20.8 Å². The van der Waals surface area contributed by atoms with Crippen molar-refractivity contribution in [3.8, 4) is 5.82 Å². The van der Waals surface area contributed by atoms with E-state index >= 15 is 0 Å². The zero-order valence-electron chi connectivity index (χ0n) is 13.6. The second-order valence-electron chi connectivity index (χ2n) is 5.12. The molecule has 27 heavy (non-hydrogen) atoms. The lowest BCUT2D eigenvalue weighted by atomic mass is 10.1. The molecule has 1 amide bonds. The zero-order valence-corrected chi connectivity index (χ0v) is 13.6. The monoisotopic (exact) mass is 377 g/mol. The quantitative estimate of drug-likeness (QED) is 0.700. The number of anilines is 1. The van der Waals surface area contributed by atoms with E-state index < -0.39 is 29.5 Å². The van der Waals surface area contributed by atoms with Crippen molar-refractivity contribution in [2.75, 3.05) is 12.4 Å². The molecule has 2 aromatic heterocycles. The van der Waals surface area contributed by atoms with E-state index in [1.54, 1.807) is 0 Å². The van der Waals surface area contributed by atoms with E-state index in [1.807, 2.05) is 0 Å². The highest BCUT2D eigenvalue weighted by atomic mass is 19.2. The van der Waals surface area contributed by atoms with Crippen LogP contribution in [0.25, 0.3) is 5.82 Å². The number of amides is 1. The van der Waals surface area contributed by atoms with Crippen molar-refractivity contribution in [1.29, 1.82) is 0 Å². The van der Waals surface area contributed by atoms with Gasteiger partial charge in [-0.05, 0) is 18.2 Å². The average Bonchev–Trinajstić information content (AvgIpc) is 3.10. The van der Waals surface area contributed by atoms with Crippen molar-refractivity contribution in [2.24, 2.45) is 0 Å². The summed E-state index contributed by atoms with van der Waals surface area (Å²) in [6.45, 7) is 0.